The fraction of sp³-hybridized carbons (Fsp3) is 0.421. The number of anilines is 1. The molecule has 0 bridgehead atoms. The van der Waals surface area contributed by atoms with Crippen LogP contribution in [0.25, 0.3) is 0 Å². The summed E-state index contributed by atoms with van der Waals surface area (Å²) in [5.74, 6) is -2.69. The Hall–Kier alpha value is -3.15. The van der Waals surface area contributed by atoms with Crippen molar-refractivity contribution in [3.05, 3.63) is 51.7 Å². The maximum Gasteiger partial charge on any atom is 0.573 e. The molecule has 0 aliphatic carbocycles. The lowest BCUT2D eigenvalue weighted by atomic mass is 10.1. The van der Waals surface area contributed by atoms with Gasteiger partial charge in [0.15, 0.2) is 11.6 Å². The van der Waals surface area contributed by atoms with Crippen LogP contribution in [0, 0.1) is 5.82 Å². The molecule has 0 saturated carbocycles. The van der Waals surface area contributed by atoms with E-state index in [4.69, 9.17) is 4.74 Å². The van der Waals surface area contributed by atoms with E-state index in [1.807, 2.05) is 4.90 Å². The second-order valence-corrected chi connectivity index (χ2v) is 6.87. The predicted molar refractivity (Wildman–Crippen MR) is 101 cm³/mol. The van der Waals surface area contributed by atoms with Crippen LogP contribution in [0.2, 0.25) is 0 Å². The highest BCUT2D eigenvalue weighted by molar-refractivity contribution is 5.92. The Morgan fingerprint density at radius 2 is 2.00 bits per heavy atom. The number of H-pyrrole nitrogens is 1. The Labute approximate surface area is 174 Å². The number of carbonyl (C=O) groups is 1. The highest BCUT2D eigenvalue weighted by Gasteiger charge is 2.32. The fourth-order valence-corrected chi connectivity index (χ4v) is 3.20. The molecule has 1 fully saturated rings. The lowest BCUT2D eigenvalue weighted by molar-refractivity contribution is -0.275. The first-order valence-corrected chi connectivity index (χ1v) is 9.37. The van der Waals surface area contributed by atoms with Gasteiger partial charge in [0.1, 0.15) is 5.69 Å². The largest absolute Gasteiger partial charge is 0.573 e. The minimum Gasteiger partial charge on any atom is -0.403 e. The summed E-state index contributed by atoms with van der Waals surface area (Å²) >= 11 is 0. The number of amides is 1. The van der Waals surface area contributed by atoms with Crippen LogP contribution in [0.3, 0.4) is 0 Å². The van der Waals surface area contributed by atoms with E-state index in [-0.39, 0.29) is 23.8 Å². The summed E-state index contributed by atoms with van der Waals surface area (Å²) in [6.07, 6.45) is -3.16. The van der Waals surface area contributed by atoms with Gasteiger partial charge in [-0.2, -0.15) is 0 Å². The highest BCUT2D eigenvalue weighted by Crippen LogP contribution is 2.28. The Morgan fingerprint density at radius 1 is 1.29 bits per heavy atom. The summed E-state index contributed by atoms with van der Waals surface area (Å²) in [7, 11) is 1.34. The second kappa shape index (κ2) is 9.33. The van der Waals surface area contributed by atoms with E-state index in [1.165, 1.54) is 13.2 Å². The van der Waals surface area contributed by atoms with Gasteiger partial charge >= 0.3 is 6.36 Å². The maximum atomic E-state index is 14.1. The molecule has 3 rings (SSSR count). The molecule has 0 radical (unpaired) electrons. The van der Waals surface area contributed by atoms with E-state index < -0.39 is 35.4 Å². The smallest absolute Gasteiger partial charge is 0.403 e. The lowest BCUT2D eigenvalue weighted by Crippen LogP contribution is -2.34. The van der Waals surface area contributed by atoms with Crippen LogP contribution in [0.5, 0.6) is 5.75 Å². The van der Waals surface area contributed by atoms with Crippen molar-refractivity contribution in [3.63, 3.8) is 0 Å². The Morgan fingerprint density at radius 3 is 2.61 bits per heavy atom. The van der Waals surface area contributed by atoms with Gasteiger partial charge in [-0.05, 0) is 30.5 Å². The molecule has 2 heterocycles. The number of halogens is 4. The van der Waals surface area contributed by atoms with Gasteiger partial charge in [-0.3, -0.25) is 14.6 Å². The first-order chi connectivity index (χ1) is 14.7. The van der Waals surface area contributed by atoms with E-state index in [1.54, 1.807) is 0 Å². The predicted octanol–water partition coefficient (Wildman–Crippen LogP) is 2.53. The molecule has 1 aliphatic rings. The van der Waals surface area contributed by atoms with Crippen molar-refractivity contribution in [3.8, 4) is 5.75 Å². The van der Waals surface area contributed by atoms with Crippen molar-refractivity contribution in [1.29, 1.82) is 0 Å². The summed E-state index contributed by atoms with van der Waals surface area (Å²) in [5.41, 5.74) is -0.513. The standard InChI is InChI=1S/C19H20F4N4O4/c1-30-10-14(11-4-5-15(12(20)8-11)31-19(21,22)23)24-17(29)13-9-16(28)26-18(25-13)27-6-2-3-7-27/h4-5,8-9,14H,2-3,6-7,10H2,1H3,(H,24,29)(H,25,26,28). The van der Waals surface area contributed by atoms with E-state index >= 15 is 0 Å². The van der Waals surface area contributed by atoms with Crippen LogP contribution in [0.15, 0.2) is 29.1 Å². The number of ether oxygens (including phenoxy) is 2. The molecule has 168 valence electrons. The highest BCUT2D eigenvalue weighted by atomic mass is 19.4. The van der Waals surface area contributed by atoms with Crippen molar-refractivity contribution in [2.45, 2.75) is 25.2 Å². The summed E-state index contributed by atoms with van der Waals surface area (Å²) in [5, 5.41) is 2.56. The number of nitrogens with one attached hydrogen (secondary N) is 2. The lowest BCUT2D eigenvalue weighted by Gasteiger charge is -2.20. The zero-order chi connectivity index (χ0) is 22.6. The third-order valence-corrected chi connectivity index (χ3v) is 4.59. The summed E-state index contributed by atoms with van der Waals surface area (Å²) in [6.45, 7) is 1.30. The van der Waals surface area contributed by atoms with Crippen molar-refractivity contribution < 1.29 is 31.8 Å². The third-order valence-electron chi connectivity index (χ3n) is 4.59. The number of methoxy groups -OCH3 is 1. The molecule has 2 N–H and O–H groups in total. The van der Waals surface area contributed by atoms with Gasteiger partial charge in [-0.25, -0.2) is 9.37 Å². The molecule has 1 aromatic heterocycles. The number of aromatic nitrogens is 2. The van der Waals surface area contributed by atoms with Crippen molar-refractivity contribution in [2.24, 2.45) is 0 Å². The minimum atomic E-state index is -5.04. The maximum absolute atomic E-state index is 14.1. The van der Waals surface area contributed by atoms with E-state index in [0.29, 0.717) is 13.1 Å². The minimum absolute atomic E-state index is 0.104. The van der Waals surface area contributed by atoms with Crippen LogP contribution in [0.4, 0.5) is 23.5 Å². The van der Waals surface area contributed by atoms with E-state index in [0.717, 1.165) is 31.0 Å². The van der Waals surface area contributed by atoms with Crippen LogP contribution < -0.4 is 20.5 Å². The number of aromatic amines is 1. The Balaban J connectivity index is 1.81. The Kier molecular flexibility index (Phi) is 6.78. The summed E-state index contributed by atoms with van der Waals surface area (Å²) in [6, 6.07) is 2.91. The van der Waals surface area contributed by atoms with Gasteiger partial charge in [0, 0.05) is 26.3 Å². The van der Waals surface area contributed by atoms with Gasteiger partial charge < -0.3 is 19.7 Å². The van der Waals surface area contributed by atoms with Crippen LogP contribution >= 0.6 is 0 Å². The third kappa shape index (κ3) is 5.94. The molecule has 0 spiro atoms. The van der Waals surface area contributed by atoms with E-state index in [9.17, 15) is 27.2 Å². The average molecular weight is 444 g/mol. The first-order valence-electron chi connectivity index (χ1n) is 9.37. The normalized spacial score (nSPS) is 15.1. The first kappa shape index (κ1) is 22.5. The molecular formula is C19H20F4N4O4. The molecule has 12 heteroatoms. The zero-order valence-electron chi connectivity index (χ0n) is 16.5. The molecule has 2 aromatic rings. The van der Waals surface area contributed by atoms with Gasteiger partial charge in [-0.15, -0.1) is 13.2 Å². The van der Waals surface area contributed by atoms with Gasteiger partial charge in [-0.1, -0.05) is 6.07 Å². The topological polar surface area (TPSA) is 96.5 Å². The quantitative estimate of drug-likeness (QED) is 0.638. The fourth-order valence-electron chi connectivity index (χ4n) is 3.20. The van der Waals surface area contributed by atoms with Crippen molar-refractivity contribution >= 4 is 11.9 Å². The molecule has 1 aromatic carbocycles. The zero-order valence-corrected chi connectivity index (χ0v) is 16.5. The average Bonchev–Trinajstić information content (AvgIpc) is 3.22. The molecule has 1 aliphatic heterocycles. The number of rotatable bonds is 7. The number of alkyl halides is 3. The SMILES string of the molecule is COCC(NC(=O)c1cc(=O)[nH]c(N2CCCC2)n1)c1ccc(OC(F)(F)F)c(F)c1. The molecule has 1 amide bonds. The molecule has 1 unspecified atom stereocenters. The number of benzene rings is 1. The number of nitrogens with zero attached hydrogens (tertiary/aromatic N) is 2. The van der Waals surface area contributed by atoms with Gasteiger partial charge in [0.05, 0.1) is 12.6 Å². The van der Waals surface area contributed by atoms with Crippen LogP contribution in [-0.2, 0) is 4.74 Å². The molecule has 1 atom stereocenters. The molecular weight excluding hydrogens is 424 g/mol. The van der Waals surface area contributed by atoms with Crippen LogP contribution in [-0.4, -0.2) is 49.0 Å². The van der Waals surface area contributed by atoms with Gasteiger partial charge in [0.2, 0.25) is 5.95 Å². The Bertz CT molecular complexity index is 990. The second-order valence-electron chi connectivity index (χ2n) is 6.87. The molecule has 31 heavy (non-hydrogen) atoms. The van der Waals surface area contributed by atoms with Crippen LogP contribution in [0.1, 0.15) is 34.9 Å². The van der Waals surface area contributed by atoms with E-state index in [2.05, 4.69) is 20.0 Å². The monoisotopic (exact) mass is 444 g/mol. The molecule has 8 nitrogen and oxygen atoms in total. The summed E-state index contributed by atoms with van der Waals surface area (Å²) < 4.78 is 59.7. The van der Waals surface area contributed by atoms with Crippen molar-refractivity contribution in [2.75, 3.05) is 31.7 Å². The van der Waals surface area contributed by atoms with Crippen molar-refractivity contribution in [1.82, 2.24) is 15.3 Å². The number of hydrogen-bond donors (Lipinski definition) is 2. The van der Waals surface area contributed by atoms with Gasteiger partial charge in [0.25, 0.3) is 11.5 Å². The summed E-state index contributed by atoms with van der Waals surface area (Å²) in [4.78, 5) is 33.3. The number of carbonyl (C=O) groups excluding carboxylic acids is 1. The number of hydrogen-bond acceptors (Lipinski definition) is 6. The molecule has 1 saturated heterocycles.